The average molecular weight is 349 g/mol. The van der Waals surface area contributed by atoms with E-state index in [0.29, 0.717) is 0 Å². The van der Waals surface area contributed by atoms with Crippen LogP contribution in [0.25, 0.3) is 0 Å². The molecule has 0 nitrogen and oxygen atoms in total. The molecule has 0 atom stereocenters. The predicted octanol–water partition coefficient (Wildman–Crippen LogP) is 7.43. The summed E-state index contributed by atoms with van der Waals surface area (Å²) in [5, 5.41) is 0. The van der Waals surface area contributed by atoms with Gasteiger partial charge < -0.3 is 0 Å². The van der Waals surface area contributed by atoms with Gasteiger partial charge in [0.25, 0.3) is 0 Å². The van der Waals surface area contributed by atoms with Crippen LogP contribution in [0.2, 0.25) is 4.55 Å². The first-order valence-corrected chi connectivity index (χ1v) is 12.0. The molecular formula is C21H37ClMg. The standard InChI is InChI=1S/C14H29.C7H7.ClH.Mg/c1-3-5-7-9-11-13-14-12-10-8-6-4-2;1-7-5-3-2-4-6-7;;/h1,3-14H2,2H3;2-6H,1H2;1H;. The summed E-state index contributed by atoms with van der Waals surface area (Å²) >= 11 is 0.155. The Morgan fingerprint density at radius 3 is 1.65 bits per heavy atom. The lowest BCUT2D eigenvalue weighted by Crippen LogP contribution is -1.96. The van der Waals surface area contributed by atoms with E-state index in [4.69, 9.17) is 0 Å². The van der Waals surface area contributed by atoms with Crippen molar-refractivity contribution in [2.45, 2.75) is 93.1 Å². The van der Waals surface area contributed by atoms with Gasteiger partial charge in [-0.1, -0.05) is 120 Å². The van der Waals surface area contributed by atoms with Gasteiger partial charge >= 0.3 is 20.4 Å². The molecule has 130 valence electrons. The summed E-state index contributed by atoms with van der Waals surface area (Å²) in [6.45, 7) is 2.30. The van der Waals surface area contributed by atoms with Gasteiger partial charge in [0.05, 0.1) is 0 Å². The van der Waals surface area contributed by atoms with Crippen molar-refractivity contribution in [3.63, 3.8) is 0 Å². The Kier molecular flexibility index (Phi) is 18.8. The molecule has 0 saturated heterocycles. The van der Waals surface area contributed by atoms with Crippen LogP contribution >= 0.6 is 12.4 Å². The molecule has 0 aliphatic carbocycles. The molecule has 0 spiro atoms. The Hall–Kier alpha value is 0.276. The van der Waals surface area contributed by atoms with Crippen molar-refractivity contribution in [1.82, 2.24) is 0 Å². The van der Waals surface area contributed by atoms with Crippen LogP contribution in [0, 0.1) is 0 Å². The van der Waals surface area contributed by atoms with Gasteiger partial charge in [-0.3, -0.25) is 0 Å². The smallest absolute Gasteiger partial charge is 0.147 e. The quantitative estimate of drug-likeness (QED) is 0.228. The maximum atomic E-state index is 2.30. The van der Waals surface area contributed by atoms with E-state index < -0.39 is 0 Å². The molecule has 0 bridgehead atoms. The molecule has 23 heavy (non-hydrogen) atoms. The summed E-state index contributed by atoms with van der Waals surface area (Å²) in [5.74, 6) is 0. The highest BCUT2D eigenvalue weighted by Crippen LogP contribution is 2.12. The predicted molar refractivity (Wildman–Crippen MR) is 109 cm³/mol. The number of unbranched alkanes of at least 4 members (excludes halogenated alkanes) is 11. The van der Waals surface area contributed by atoms with Gasteiger partial charge in [-0.05, 0) is 0 Å². The Balaban J connectivity index is 0.00000484. The average Bonchev–Trinajstić information content (AvgIpc) is 2.56. The van der Waals surface area contributed by atoms with Crippen LogP contribution < -0.4 is 0 Å². The van der Waals surface area contributed by atoms with E-state index in [2.05, 4.69) is 37.3 Å². The highest BCUT2D eigenvalue weighted by molar-refractivity contribution is 6.34. The minimum absolute atomic E-state index is 0. The molecule has 0 aliphatic heterocycles. The highest BCUT2D eigenvalue weighted by Gasteiger charge is 1.98. The first kappa shape index (κ1) is 23.3. The highest BCUT2D eigenvalue weighted by atomic mass is 35.5. The maximum absolute atomic E-state index is 2.30. The summed E-state index contributed by atoms with van der Waals surface area (Å²) in [7, 11) is 0. The monoisotopic (exact) mass is 348 g/mol. The molecule has 0 N–H and O–H groups in total. The third kappa shape index (κ3) is 15.5. The summed E-state index contributed by atoms with van der Waals surface area (Å²) in [5.41, 5.74) is 1.56. The Morgan fingerprint density at radius 2 is 1.13 bits per heavy atom. The molecule has 0 unspecified atom stereocenters. The normalized spacial score (nSPS) is 10.1. The third-order valence-corrected chi connectivity index (χ3v) is 6.59. The molecule has 2 heteroatoms. The second-order valence-corrected chi connectivity index (χ2v) is 8.75. The number of rotatable bonds is 15. The number of hydrogen-bond donors (Lipinski definition) is 0. The van der Waals surface area contributed by atoms with Crippen LogP contribution in [0.15, 0.2) is 30.3 Å². The van der Waals surface area contributed by atoms with Gasteiger partial charge in [-0.25, -0.2) is 0 Å². The first-order valence-electron chi connectivity index (χ1n) is 9.97. The summed E-state index contributed by atoms with van der Waals surface area (Å²) in [4.78, 5) is 0. The van der Waals surface area contributed by atoms with Crippen molar-refractivity contribution in [2.75, 3.05) is 0 Å². The molecule has 1 rings (SSSR count). The van der Waals surface area contributed by atoms with Crippen molar-refractivity contribution in [1.29, 1.82) is 0 Å². The number of benzene rings is 1. The van der Waals surface area contributed by atoms with Crippen molar-refractivity contribution >= 4 is 32.8 Å². The van der Waals surface area contributed by atoms with E-state index in [0.717, 1.165) is 0 Å². The first-order chi connectivity index (χ1) is 10.9. The van der Waals surface area contributed by atoms with E-state index in [1.165, 1.54) is 81.6 Å². The second-order valence-electron chi connectivity index (χ2n) is 6.83. The van der Waals surface area contributed by atoms with Crippen molar-refractivity contribution in [3.05, 3.63) is 35.9 Å². The van der Waals surface area contributed by atoms with Gasteiger partial charge in [0.1, 0.15) is 0 Å². The molecule has 0 aliphatic rings. The van der Waals surface area contributed by atoms with Gasteiger partial charge in [0.2, 0.25) is 0 Å². The minimum Gasteiger partial charge on any atom is -0.147 e. The van der Waals surface area contributed by atoms with E-state index in [-0.39, 0.29) is 32.8 Å². The molecule has 0 saturated carbocycles. The van der Waals surface area contributed by atoms with Crippen LogP contribution in [-0.4, -0.2) is 20.4 Å². The zero-order valence-electron chi connectivity index (χ0n) is 15.4. The van der Waals surface area contributed by atoms with E-state index >= 15 is 0 Å². The fraction of sp³-hybridized carbons (Fsp3) is 0.714. The van der Waals surface area contributed by atoms with Gasteiger partial charge in [-0.2, -0.15) is 0 Å². The van der Waals surface area contributed by atoms with E-state index in [1.54, 1.807) is 10.1 Å². The zero-order valence-corrected chi connectivity index (χ0v) is 17.6. The van der Waals surface area contributed by atoms with Gasteiger partial charge in [0, 0.05) is 0 Å². The maximum Gasteiger partial charge on any atom is 0.370 e. The van der Waals surface area contributed by atoms with Gasteiger partial charge in [0.15, 0.2) is 0 Å². The van der Waals surface area contributed by atoms with Crippen LogP contribution in [0.5, 0.6) is 0 Å². The Bertz CT molecular complexity index is 326. The van der Waals surface area contributed by atoms with Gasteiger partial charge in [-0.15, -0.1) is 21.5 Å². The van der Waals surface area contributed by atoms with Crippen molar-refractivity contribution < 1.29 is 0 Å². The molecule has 0 heterocycles. The van der Waals surface area contributed by atoms with Crippen LogP contribution in [0.4, 0.5) is 0 Å². The molecular weight excluding hydrogens is 312 g/mol. The SMILES string of the molecule is CCCCCCCCCCCCC[CH2][Mg][CH2]c1ccccc1.Cl. The van der Waals surface area contributed by atoms with Crippen molar-refractivity contribution in [3.8, 4) is 0 Å². The summed E-state index contributed by atoms with van der Waals surface area (Å²) in [6, 6.07) is 11.0. The zero-order chi connectivity index (χ0) is 15.7. The molecule has 1 aromatic carbocycles. The molecule has 0 amide bonds. The topological polar surface area (TPSA) is 0 Å². The molecule has 0 aromatic heterocycles. The lowest BCUT2D eigenvalue weighted by molar-refractivity contribution is 0.547. The fourth-order valence-corrected chi connectivity index (χ4v) is 4.87. The lowest BCUT2D eigenvalue weighted by atomic mass is 10.1. The second kappa shape index (κ2) is 18.6. The lowest BCUT2D eigenvalue weighted by Gasteiger charge is -2.03. The molecule has 0 radical (unpaired) electrons. The van der Waals surface area contributed by atoms with Crippen LogP contribution in [0.1, 0.15) is 89.5 Å². The number of hydrogen-bond acceptors (Lipinski definition) is 0. The minimum atomic E-state index is 0. The van der Waals surface area contributed by atoms with E-state index in [9.17, 15) is 0 Å². The number of halogens is 1. The molecule has 0 fully saturated rings. The fourth-order valence-electron chi connectivity index (χ4n) is 3.17. The summed E-state index contributed by atoms with van der Waals surface area (Å²) < 4.78 is 2.95. The van der Waals surface area contributed by atoms with Crippen LogP contribution in [0.3, 0.4) is 0 Å². The Morgan fingerprint density at radius 1 is 0.652 bits per heavy atom. The largest absolute Gasteiger partial charge is 0.370 e. The van der Waals surface area contributed by atoms with Crippen LogP contribution in [-0.2, 0) is 4.55 Å². The van der Waals surface area contributed by atoms with Crippen molar-refractivity contribution in [2.24, 2.45) is 0 Å². The Labute approximate surface area is 161 Å². The third-order valence-electron chi connectivity index (χ3n) is 4.66. The molecule has 1 aromatic rings. The summed E-state index contributed by atoms with van der Waals surface area (Å²) in [6.07, 6.45) is 17.6. The van der Waals surface area contributed by atoms with E-state index in [1.807, 2.05) is 0 Å².